The number of hydrogen-bond acceptors (Lipinski definition) is 6. The zero-order valence-corrected chi connectivity index (χ0v) is 17.4. The van der Waals surface area contributed by atoms with Gasteiger partial charge in [-0.25, -0.2) is 13.8 Å². The molecule has 3 aromatic rings. The van der Waals surface area contributed by atoms with E-state index in [0.29, 0.717) is 40.7 Å². The number of anilines is 1. The van der Waals surface area contributed by atoms with Crippen molar-refractivity contribution in [2.45, 2.75) is 25.3 Å². The first-order valence-corrected chi connectivity index (χ1v) is 10.7. The van der Waals surface area contributed by atoms with Gasteiger partial charge in [-0.15, -0.1) is 11.3 Å². The van der Waals surface area contributed by atoms with Gasteiger partial charge < -0.3 is 14.8 Å². The minimum atomic E-state index is -0.709. The molecule has 1 aliphatic carbocycles. The number of benzene rings is 2. The maximum atomic E-state index is 13.8. The van der Waals surface area contributed by atoms with Crippen molar-refractivity contribution in [3.05, 3.63) is 69.7 Å². The number of nitrogens with one attached hydrogen (secondary N) is 2. The van der Waals surface area contributed by atoms with Crippen LogP contribution in [0.1, 0.15) is 38.8 Å². The van der Waals surface area contributed by atoms with Gasteiger partial charge in [-0.05, 0) is 43.2 Å². The van der Waals surface area contributed by atoms with E-state index in [9.17, 15) is 18.4 Å². The second-order valence-electron chi connectivity index (χ2n) is 7.36. The Morgan fingerprint density at radius 2 is 1.91 bits per heavy atom. The highest BCUT2D eigenvalue weighted by atomic mass is 32.1. The number of hydrogen-bond donors (Lipinski definition) is 2. The summed E-state index contributed by atoms with van der Waals surface area (Å²) in [7, 11) is 0. The molecule has 7 nitrogen and oxygen atoms in total. The molecule has 32 heavy (non-hydrogen) atoms. The van der Waals surface area contributed by atoms with Gasteiger partial charge in [-0.2, -0.15) is 0 Å². The summed E-state index contributed by atoms with van der Waals surface area (Å²) in [5, 5.41) is 5.73. The van der Waals surface area contributed by atoms with Crippen LogP contribution in [-0.2, 0) is 17.8 Å². The van der Waals surface area contributed by atoms with Crippen LogP contribution in [-0.4, -0.2) is 23.6 Å². The van der Waals surface area contributed by atoms with Crippen molar-refractivity contribution in [2.24, 2.45) is 0 Å². The van der Waals surface area contributed by atoms with E-state index in [2.05, 4.69) is 15.6 Å². The molecule has 0 fully saturated rings. The fraction of sp³-hybridized carbons (Fsp3) is 0.227. The molecule has 1 aliphatic heterocycles. The van der Waals surface area contributed by atoms with Crippen LogP contribution >= 0.6 is 11.3 Å². The molecule has 0 bridgehead atoms. The standard InChI is InChI=1S/C22H17F2N3O4S/c23-14-2-1-3-15(24)13(14)9-25-21(29)12-5-7-18-19(12)26-22(32-18)27-20(28)11-4-6-16-17(8-11)31-10-30-16/h1-4,6,8,12H,5,7,9-10H2,(H,25,29)(H,26,27,28)/t12-/m1/s1. The minimum Gasteiger partial charge on any atom is -0.454 e. The highest BCUT2D eigenvalue weighted by Crippen LogP contribution is 2.39. The first kappa shape index (κ1) is 20.4. The lowest BCUT2D eigenvalue weighted by molar-refractivity contribution is -0.122. The minimum absolute atomic E-state index is 0.118. The van der Waals surface area contributed by atoms with Crippen molar-refractivity contribution in [3.8, 4) is 11.5 Å². The molecule has 2 aliphatic rings. The Kier molecular flexibility index (Phi) is 5.22. The fourth-order valence-electron chi connectivity index (χ4n) is 3.74. The summed E-state index contributed by atoms with van der Waals surface area (Å²) in [4.78, 5) is 30.6. The lowest BCUT2D eigenvalue weighted by Gasteiger charge is -2.12. The predicted molar refractivity (Wildman–Crippen MR) is 112 cm³/mol. The Labute approximate surface area is 185 Å². The molecule has 0 saturated carbocycles. The SMILES string of the molecule is O=C(Nc1nc2c(s1)CC[C@H]2C(=O)NCc1c(F)cccc1F)c1ccc2c(c1)OCO2. The Bertz CT molecular complexity index is 1210. The third kappa shape index (κ3) is 3.77. The topological polar surface area (TPSA) is 89.6 Å². The van der Waals surface area contributed by atoms with Crippen LogP contribution in [0.4, 0.5) is 13.9 Å². The number of carbonyl (C=O) groups excluding carboxylic acids is 2. The third-order valence-corrected chi connectivity index (χ3v) is 6.44. The van der Waals surface area contributed by atoms with E-state index in [1.54, 1.807) is 18.2 Å². The van der Waals surface area contributed by atoms with Crippen LogP contribution < -0.4 is 20.1 Å². The molecule has 2 heterocycles. The highest BCUT2D eigenvalue weighted by molar-refractivity contribution is 7.16. The number of aromatic nitrogens is 1. The predicted octanol–water partition coefficient (Wildman–Crippen LogP) is 3.75. The molecule has 2 aromatic carbocycles. The largest absolute Gasteiger partial charge is 0.454 e. The average Bonchev–Trinajstić information content (AvgIpc) is 3.48. The van der Waals surface area contributed by atoms with Gasteiger partial charge in [0.15, 0.2) is 16.6 Å². The van der Waals surface area contributed by atoms with Crippen molar-refractivity contribution in [1.82, 2.24) is 10.3 Å². The quantitative estimate of drug-likeness (QED) is 0.609. The molecular weight excluding hydrogens is 440 g/mol. The number of aryl methyl sites for hydroxylation is 1. The number of halogens is 2. The van der Waals surface area contributed by atoms with Gasteiger partial charge in [0, 0.05) is 22.5 Å². The number of thiazole rings is 1. The summed E-state index contributed by atoms with van der Waals surface area (Å²) >= 11 is 1.31. The Hall–Kier alpha value is -3.53. The smallest absolute Gasteiger partial charge is 0.257 e. The number of nitrogens with zero attached hydrogens (tertiary/aromatic N) is 1. The zero-order valence-electron chi connectivity index (χ0n) is 16.6. The Balaban J connectivity index is 1.26. The van der Waals surface area contributed by atoms with Crippen LogP contribution in [0, 0.1) is 11.6 Å². The second kappa shape index (κ2) is 8.19. The van der Waals surface area contributed by atoms with Gasteiger partial charge in [0.2, 0.25) is 12.7 Å². The van der Waals surface area contributed by atoms with E-state index in [1.165, 1.54) is 17.4 Å². The van der Waals surface area contributed by atoms with Crippen molar-refractivity contribution < 1.29 is 27.8 Å². The maximum Gasteiger partial charge on any atom is 0.257 e. The van der Waals surface area contributed by atoms with Crippen molar-refractivity contribution in [1.29, 1.82) is 0 Å². The van der Waals surface area contributed by atoms with Gasteiger partial charge in [0.1, 0.15) is 11.6 Å². The molecule has 164 valence electrons. The number of fused-ring (bicyclic) bond motifs is 2. The molecule has 10 heteroatoms. The van der Waals surface area contributed by atoms with Crippen molar-refractivity contribution in [2.75, 3.05) is 12.1 Å². The molecular formula is C22H17F2N3O4S. The number of carbonyl (C=O) groups is 2. The highest BCUT2D eigenvalue weighted by Gasteiger charge is 2.33. The van der Waals surface area contributed by atoms with Gasteiger partial charge in [-0.1, -0.05) is 6.07 Å². The number of rotatable bonds is 5. The first-order chi connectivity index (χ1) is 15.5. The van der Waals surface area contributed by atoms with E-state index >= 15 is 0 Å². The average molecular weight is 457 g/mol. The summed E-state index contributed by atoms with van der Waals surface area (Å²) in [5.74, 6) is -1.58. The van der Waals surface area contributed by atoms with Crippen molar-refractivity contribution in [3.63, 3.8) is 0 Å². The Morgan fingerprint density at radius 1 is 1.12 bits per heavy atom. The van der Waals surface area contributed by atoms with Gasteiger partial charge in [0.05, 0.1) is 11.6 Å². The van der Waals surface area contributed by atoms with Crippen molar-refractivity contribution >= 4 is 28.3 Å². The molecule has 1 atom stereocenters. The number of amides is 2. The van der Waals surface area contributed by atoms with Gasteiger partial charge >= 0.3 is 0 Å². The van der Waals surface area contributed by atoms with E-state index in [1.807, 2.05) is 0 Å². The molecule has 0 unspecified atom stereocenters. The normalized spacial score (nSPS) is 16.0. The van der Waals surface area contributed by atoms with Gasteiger partial charge in [0.25, 0.3) is 5.91 Å². The zero-order chi connectivity index (χ0) is 22.2. The first-order valence-electron chi connectivity index (χ1n) is 9.91. The van der Waals surface area contributed by atoms with Crippen LogP contribution in [0.3, 0.4) is 0 Å². The second-order valence-corrected chi connectivity index (χ2v) is 8.44. The molecule has 0 spiro atoms. The molecule has 1 aromatic heterocycles. The van der Waals surface area contributed by atoms with E-state index < -0.39 is 17.6 Å². The molecule has 5 rings (SSSR count). The molecule has 2 N–H and O–H groups in total. The lowest BCUT2D eigenvalue weighted by atomic mass is 10.1. The Morgan fingerprint density at radius 3 is 2.72 bits per heavy atom. The molecule has 0 saturated heterocycles. The summed E-state index contributed by atoms with van der Waals surface area (Å²) in [6.45, 7) is -0.131. The third-order valence-electron chi connectivity index (χ3n) is 5.39. The molecule has 2 amide bonds. The van der Waals surface area contributed by atoms with E-state index in [-0.39, 0.29) is 30.7 Å². The van der Waals surface area contributed by atoms with Gasteiger partial charge in [-0.3, -0.25) is 14.9 Å². The van der Waals surface area contributed by atoms with Crippen LogP contribution in [0.2, 0.25) is 0 Å². The van der Waals surface area contributed by atoms with E-state index in [4.69, 9.17) is 9.47 Å². The molecule has 0 radical (unpaired) electrons. The summed E-state index contributed by atoms with van der Waals surface area (Å²) in [6, 6.07) is 8.45. The fourth-order valence-corrected chi connectivity index (χ4v) is 4.78. The van der Waals surface area contributed by atoms with E-state index in [0.717, 1.165) is 17.0 Å². The van der Waals surface area contributed by atoms with Crippen LogP contribution in [0.5, 0.6) is 11.5 Å². The monoisotopic (exact) mass is 457 g/mol. The maximum absolute atomic E-state index is 13.8. The summed E-state index contributed by atoms with van der Waals surface area (Å²) in [5.41, 5.74) is 0.794. The number of ether oxygens (including phenoxy) is 2. The van der Waals surface area contributed by atoms with Crippen LogP contribution in [0.25, 0.3) is 0 Å². The van der Waals surface area contributed by atoms with Crippen LogP contribution in [0.15, 0.2) is 36.4 Å². The summed E-state index contributed by atoms with van der Waals surface area (Å²) in [6.07, 6.45) is 1.19. The summed E-state index contributed by atoms with van der Waals surface area (Å²) < 4.78 is 38.1. The lowest BCUT2D eigenvalue weighted by Crippen LogP contribution is -2.29.